The first-order chi connectivity index (χ1) is 12.7. The summed E-state index contributed by atoms with van der Waals surface area (Å²) in [5.41, 5.74) is 4.88. The zero-order valence-corrected chi connectivity index (χ0v) is 15.6. The summed E-state index contributed by atoms with van der Waals surface area (Å²) in [5, 5.41) is 18.5. The van der Waals surface area contributed by atoms with E-state index in [1.807, 2.05) is 24.4 Å². The molecule has 1 N–H and O–H groups in total. The molecule has 0 aliphatic heterocycles. The molecule has 6 heteroatoms. The van der Waals surface area contributed by atoms with Gasteiger partial charge in [0.15, 0.2) is 5.75 Å². The minimum Gasteiger partial charge on any atom is -0.489 e. The molecule has 0 bridgehead atoms. The van der Waals surface area contributed by atoms with Crippen molar-refractivity contribution in [1.82, 2.24) is 10.2 Å². The molecular weight excluding hydrogens is 369 g/mol. The topological polar surface area (TPSA) is 61.7 Å². The molecule has 1 aromatic heterocycles. The summed E-state index contributed by atoms with van der Waals surface area (Å²) in [6.07, 6.45) is 4.75. The highest BCUT2D eigenvalue weighted by molar-refractivity contribution is 6.33. The minimum atomic E-state index is 0.176. The third-order valence-corrected chi connectivity index (χ3v) is 5.53. The number of hydrogen-bond acceptors (Lipinski definition) is 3. The molecule has 0 amide bonds. The summed E-state index contributed by atoms with van der Waals surface area (Å²) >= 11 is 12.4. The van der Waals surface area contributed by atoms with E-state index in [0.29, 0.717) is 28.8 Å². The highest BCUT2D eigenvalue weighted by Gasteiger charge is 2.28. The van der Waals surface area contributed by atoms with Crippen LogP contribution in [-0.2, 0) is 6.42 Å². The molecule has 26 heavy (non-hydrogen) atoms. The second kappa shape index (κ2) is 7.19. The van der Waals surface area contributed by atoms with Crippen molar-refractivity contribution in [3.05, 3.63) is 57.7 Å². The number of benzene rings is 2. The van der Waals surface area contributed by atoms with Gasteiger partial charge in [0.25, 0.3) is 0 Å². The lowest BCUT2D eigenvalue weighted by Gasteiger charge is -2.28. The van der Waals surface area contributed by atoms with Crippen LogP contribution in [-0.4, -0.2) is 22.7 Å². The number of rotatable bonds is 4. The fourth-order valence-corrected chi connectivity index (χ4v) is 4.30. The summed E-state index contributed by atoms with van der Waals surface area (Å²) in [5.74, 6) is 0.978. The molecule has 4 rings (SSSR count). The number of halogens is 2. The van der Waals surface area contributed by atoms with Crippen LogP contribution in [0.25, 0.3) is 10.9 Å². The second-order valence-corrected chi connectivity index (χ2v) is 7.17. The highest BCUT2D eigenvalue weighted by atomic mass is 35.5. The van der Waals surface area contributed by atoms with Gasteiger partial charge in [-0.15, -0.1) is 11.6 Å². The highest BCUT2D eigenvalue weighted by Crippen LogP contribution is 2.45. The predicted molar refractivity (Wildman–Crippen MR) is 103 cm³/mol. The van der Waals surface area contributed by atoms with Crippen molar-refractivity contribution in [3.8, 4) is 11.8 Å². The Morgan fingerprint density at radius 3 is 3.04 bits per heavy atom. The van der Waals surface area contributed by atoms with E-state index in [1.54, 1.807) is 0 Å². The number of H-pyrrole nitrogens is 1. The minimum absolute atomic E-state index is 0.176. The number of hydrogen-bond donors (Lipinski definition) is 1. The van der Waals surface area contributed by atoms with Crippen molar-refractivity contribution in [2.75, 3.05) is 12.5 Å². The molecule has 1 atom stereocenters. The SMILES string of the molecule is N#Cc1cc2c(c(Cl)c1OCCCl)CCCC2c1cccc2cn[nH]c12. The average molecular weight is 386 g/mol. The van der Waals surface area contributed by atoms with Gasteiger partial charge >= 0.3 is 0 Å². The van der Waals surface area contributed by atoms with Crippen molar-refractivity contribution in [3.63, 3.8) is 0 Å². The molecule has 2 aromatic carbocycles. The van der Waals surface area contributed by atoms with Gasteiger partial charge in [-0.1, -0.05) is 29.8 Å². The van der Waals surface area contributed by atoms with Crippen LogP contribution in [0.15, 0.2) is 30.5 Å². The second-order valence-electron chi connectivity index (χ2n) is 6.41. The van der Waals surface area contributed by atoms with Crippen molar-refractivity contribution in [2.45, 2.75) is 25.2 Å². The van der Waals surface area contributed by atoms with Gasteiger partial charge in [0.1, 0.15) is 12.7 Å². The number of ether oxygens (including phenoxy) is 1. The zero-order chi connectivity index (χ0) is 18.1. The van der Waals surface area contributed by atoms with Crippen LogP contribution in [0.1, 0.15) is 41.0 Å². The Kier molecular flexibility index (Phi) is 4.76. The molecule has 4 nitrogen and oxygen atoms in total. The first-order valence-electron chi connectivity index (χ1n) is 8.60. The van der Waals surface area contributed by atoms with Crippen molar-refractivity contribution >= 4 is 34.1 Å². The summed E-state index contributed by atoms with van der Waals surface area (Å²) in [6.45, 7) is 0.325. The van der Waals surface area contributed by atoms with E-state index in [2.05, 4.69) is 22.3 Å². The monoisotopic (exact) mass is 385 g/mol. The van der Waals surface area contributed by atoms with Crippen LogP contribution in [0.3, 0.4) is 0 Å². The first kappa shape index (κ1) is 17.2. The smallest absolute Gasteiger partial charge is 0.155 e. The molecule has 1 aliphatic rings. The molecule has 0 spiro atoms. The lowest BCUT2D eigenvalue weighted by molar-refractivity contribution is 0.341. The Balaban J connectivity index is 1.88. The zero-order valence-electron chi connectivity index (χ0n) is 14.1. The number of aromatic amines is 1. The van der Waals surface area contributed by atoms with E-state index in [0.717, 1.165) is 41.3 Å². The van der Waals surface area contributed by atoms with E-state index in [1.165, 1.54) is 5.56 Å². The number of fused-ring (bicyclic) bond motifs is 2. The van der Waals surface area contributed by atoms with E-state index in [9.17, 15) is 5.26 Å². The first-order valence-corrected chi connectivity index (χ1v) is 9.52. The van der Waals surface area contributed by atoms with Crippen molar-refractivity contribution in [2.24, 2.45) is 0 Å². The van der Waals surface area contributed by atoms with E-state index >= 15 is 0 Å². The fraction of sp³-hybridized carbons (Fsp3) is 0.300. The largest absolute Gasteiger partial charge is 0.489 e. The maximum atomic E-state index is 9.60. The van der Waals surface area contributed by atoms with Gasteiger partial charge in [-0.3, -0.25) is 5.10 Å². The summed E-state index contributed by atoms with van der Waals surface area (Å²) < 4.78 is 5.67. The van der Waals surface area contributed by atoms with Crippen LogP contribution in [0.4, 0.5) is 0 Å². The number of nitriles is 1. The number of nitrogens with one attached hydrogen (secondary N) is 1. The number of aromatic nitrogens is 2. The number of nitrogens with zero attached hydrogens (tertiary/aromatic N) is 2. The molecule has 132 valence electrons. The number of alkyl halides is 1. The Morgan fingerprint density at radius 2 is 2.23 bits per heavy atom. The molecule has 3 aromatic rings. The molecule has 0 fully saturated rings. The molecule has 0 radical (unpaired) electrons. The van der Waals surface area contributed by atoms with E-state index < -0.39 is 0 Å². The molecule has 1 aliphatic carbocycles. The van der Waals surface area contributed by atoms with Gasteiger partial charge in [-0.25, -0.2) is 0 Å². The van der Waals surface area contributed by atoms with Crippen LogP contribution >= 0.6 is 23.2 Å². The lowest BCUT2D eigenvalue weighted by atomic mass is 9.77. The van der Waals surface area contributed by atoms with E-state index in [-0.39, 0.29) is 5.92 Å². The fourth-order valence-electron chi connectivity index (χ4n) is 3.86. The number of para-hydroxylation sites is 1. The van der Waals surface area contributed by atoms with Crippen molar-refractivity contribution in [1.29, 1.82) is 5.26 Å². The summed E-state index contributed by atoms with van der Waals surface area (Å²) in [6, 6.07) is 10.4. The van der Waals surface area contributed by atoms with Crippen LogP contribution in [0.2, 0.25) is 5.02 Å². The maximum absolute atomic E-state index is 9.60. The maximum Gasteiger partial charge on any atom is 0.155 e. The third kappa shape index (κ3) is 2.82. The Hall–Kier alpha value is -2.22. The molecule has 1 heterocycles. The van der Waals surface area contributed by atoms with Crippen molar-refractivity contribution < 1.29 is 4.74 Å². The molecule has 0 saturated heterocycles. The third-order valence-electron chi connectivity index (χ3n) is 4.98. The van der Waals surface area contributed by atoms with Gasteiger partial charge < -0.3 is 4.74 Å². The lowest BCUT2D eigenvalue weighted by Crippen LogP contribution is -2.14. The Bertz CT molecular complexity index is 1010. The van der Waals surface area contributed by atoms with Gasteiger partial charge in [0.2, 0.25) is 0 Å². The average Bonchev–Trinajstić information content (AvgIpc) is 3.15. The predicted octanol–water partition coefficient (Wildman–Crippen LogP) is 5.17. The van der Waals surface area contributed by atoms with Gasteiger partial charge in [-0.05, 0) is 42.0 Å². The quantitative estimate of drug-likeness (QED) is 0.629. The van der Waals surface area contributed by atoms with Gasteiger partial charge in [0, 0.05) is 11.3 Å². The summed E-state index contributed by atoms with van der Waals surface area (Å²) in [4.78, 5) is 0. The normalized spacial score (nSPS) is 16.3. The van der Waals surface area contributed by atoms with Gasteiger partial charge in [0.05, 0.1) is 28.2 Å². The van der Waals surface area contributed by atoms with Gasteiger partial charge in [-0.2, -0.15) is 10.4 Å². The van der Waals surface area contributed by atoms with Crippen LogP contribution in [0, 0.1) is 11.3 Å². The molecule has 1 unspecified atom stereocenters. The summed E-state index contributed by atoms with van der Waals surface area (Å²) in [7, 11) is 0. The Labute approximate surface area is 161 Å². The molecular formula is C20H17Cl2N3O. The van der Waals surface area contributed by atoms with Crippen LogP contribution < -0.4 is 4.74 Å². The van der Waals surface area contributed by atoms with Crippen LogP contribution in [0.5, 0.6) is 5.75 Å². The molecule has 0 saturated carbocycles. The van der Waals surface area contributed by atoms with E-state index in [4.69, 9.17) is 27.9 Å². The Morgan fingerprint density at radius 1 is 1.35 bits per heavy atom. The standard InChI is InChI=1S/C20H17Cl2N3O/c21-7-8-26-20-13(10-23)9-17-14(4-2-5-15(17)18(20)22)16-6-1-3-12-11-24-25-19(12)16/h1,3,6,9,11,14H,2,4-5,7-8H2,(H,24,25).